The Morgan fingerprint density at radius 3 is 2.63 bits per heavy atom. The zero-order chi connectivity index (χ0) is 27.6. The molecule has 1 aromatic carbocycles. The van der Waals surface area contributed by atoms with Gasteiger partial charge in [-0.25, -0.2) is 0 Å². The summed E-state index contributed by atoms with van der Waals surface area (Å²) < 4.78 is 10.1. The van der Waals surface area contributed by atoms with E-state index in [4.69, 9.17) is 9.47 Å². The highest BCUT2D eigenvalue weighted by molar-refractivity contribution is 9.09. The predicted octanol–water partition coefficient (Wildman–Crippen LogP) is 3.57. The number of amides is 2. The Kier molecular flexibility index (Phi) is 8.94. The standard InChI is InChI=1S/C28H35BrN2O6S/c1-5-7-8-14-37-27(35)21-22-25(33)31(17(3)16-32)24(28(22)15-20(29)23(21)38-28)26(34)30(13-6-2)18-9-11-19(36-4)12-10-18/h5-6,9-12,17,20-24,32H,1-2,7-8,13-16H2,3-4H3/t17-,20?,21+,22+,23+,24?,28?/m1/s1. The molecule has 0 radical (unpaired) electrons. The molecule has 3 unspecified atom stereocenters. The number of hydrogen-bond donors (Lipinski definition) is 1. The molecule has 206 valence electrons. The fraction of sp³-hybridized carbons (Fsp3) is 0.536. The third-order valence-corrected chi connectivity index (χ3v) is 11.0. The first kappa shape index (κ1) is 28.7. The zero-order valence-electron chi connectivity index (χ0n) is 21.8. The second kappa shape index (κ2) is 11.8. The van der Waals surface area contributed by atoms with E-state index in [1.54, 1.807) is 67.1 Å². The summed E-state index contributed by atoms with van der Waals surface area (Å²) in [6.45, 7) is 9.45. The Hall–Kier alpha value is -2.30. The second-order valence-electron chi connectivity index (χ2n) is 9.97. The number of carbonyl (C=O) groups excluding carboxylic acids is 3. The molecule has 4 rings (SSSR count). The van der Waals surface area contributed by atoms with Crippen LogP contribution in [0.1, 0.15) is 26.2 Å². The van der Waals surface area contributed by atoms with Gasteiger partial charge in [0.15, 0.2) is 0 Å². The number of methoxy groups -OCH3 is 1. The van der Waals surface area contributed by atoms with Crippen molar-refractivity contribution in [1.29, 1.82) is 0 Å². The van der Waals surface area contributed by atoms with Gasteiger partial charge in [-0.05, 0) is 50.5 Å². The minimum atomic E-state index is -0.863. The van der Waals surface area contributed by atoms with E-state index in [9.17, 15) is 19.5 Å². The Morgan fingerprint density at radius 2 is 2.03 bits per heavy atom. The molecule has 3 saturated heterocycles. The molecule has 3 aliphatic heterocycles. The molecule has 1 spiro atoms. The van der Waals surface area contributed by atoms with Crippen LogP contribution in [-0.2, 0) is 19.1 Å². The van der Waals surface area contributed by atoms with E-state index in [-0.39, 0.29) is 41.6 Å². The summed E-state index contributed by atoms with van der Waals surface area (Å²) >= 11 is 5.30. The molecule has 0 saturated carbocycles. The van der Waals surface area contributed by atoms with E-state index >= 15 is 0 Å². The van der Waals surface area contributed by atoms with Crippen molar-refractivity contribution in [2.75, 3.05) is 31.8 Å². The Bertz CT molecular complexity index is 1080. The molecule has 0 aliphatic carbocycles. The molecule has 0 aromatic heterocycles. The number of carbonyl (C=O) groups is 3. The lowest BCUT2D eigenvalue weighted by Crippen LogP contribution is -2.57. The SMILES string of the molecule is C=CCCCOC(=O)[C@H]1[C@H]2C(=O)N([C@H](C)CO)C(C(=O)N(CC=C)c3ccc(OC)cc3)C23CC(Br)[C@@H]1S3. The van der Waals surface area contributed by atoms with E-state index in [1.165, 1.54) is 4.90 Å². The van der Waals surface area contributed by atoms with Crippen LogP contribution in [0, 0.1) is 11.8 Å². The van der Waals surface area contributed by atoms with Crippen LogP contribution in [0.4, 0.5) is 5.69 Å². The van der Waals surface area contributed by atoms with Crippen LogP contribution in [0.5, 0.6) is 5.75 Å². The number of hydrogen-bond acceptors (Lipinski definition) is 7. The van der Waals surface area contributed by atoms with Crippen LogP contribution in [0.3, 0.4) is 0 Å². The fourth-order valence-electron chi connectivity index (χ4n) is 6.04. The lowest BCUT2D eigenvalue weighted by molar-refractivity contribution is -0.154. The van der Waals surface area contributed by atoms with Crippen LogP contribution in [0.25, 0.3) is 0 Å². The number of fused-ring (bicyclic) bond motifs is 1. The van der Waals surface area contributed by atoms with Crippen molar-refractivity contribution in [2.45, 2.75) is 53.1 Å². The Labute approximate surface area is 236 Å². The summed E-state index contributed by atoms with van der Waals surface area (Å²) in [7, 11) is 1.57. The number of halogens is 1. The maximum Gasteiger partial charge on any atom is 0.310 e. The van der Waals surface area contributed by atoms with Gasteiger partial charge in [-0.2, -0.15) is 0 Å². The number of anilines is 1. The number of aliphatic hydroxyl groups excluding tert-OH is 1. The summed E-state index contributed by atoms with van der Waals surface area (Å²) in [6, 6.07) is 5.67. The van der Waals surface area contributed by atoms with Crippen LogP contribution in [0.15, 0.2) is 49.6 Å². The van der Waals surface area contributed by atoms with E-state index < -0.39 is 34.6 Å². The zero-order valence-corrected chi connectivity index (χ0v) is 24.2. The third kappa shape index (κ3) is 4.79. The largest absolute Gasteiger partial charge is 0.497 e. The average molecular weight is 608 g/mol. The molecule has 3 heterocycles. The van der Waals surface area contributed by atoms with Crippen LogP contribution in [-0.4, -0.2) is 81.6 Å². The first-order valence-corrected chi connectivity index (χ1v) is 14.6. The molecule has 3 fully saturated rings. The monoisotopic (exact) mass is 606 g/mol. The van der Waals surface area contributed by atoms with Gasteiger partial charge in [0.05, 0.1) is 42.9 Å². The maximum atomic E-state index is 14.4. The van der Waals surface area contributed by atoms with Crippen LogP contribution >= 0.6 is 27.7 Å². The van der Waals surface area contributed by atoms with Gasteiger partial charge in [0.25, 0.3) is 5.91 Å². The highest BCUT2D eigenvalue weighted by Crippen LogP contribution is 2.68. The summed E-state index contributed by atoms with van der Waals surface area (Å²) in [5, 5.41) is 9.90. The van der Waals surface area contributed by atoms with Gasteiger partial charge in [0.1, 0.15) is 11.8 Å². The molecular weight excluding hydrogens is 572 g/mol. The van der Waals surface area contributed by atoms with Crippen molar-refractivity contribution >= 4 is 51.2 Å². The molecule has 2 amide bonds. The summed E-state index contributed by atoms with van der Waals surface area (Å²) in [5.41, 5.74) is 0.644. The number of ether oxygens (including phenoxy) is 2. The summed E-state index contributed by atoms with van der Waals surface area (Å²) in [6.07, 6.45) is 5.35. The first-order chi connectivity index (χ1) is 18.2. The molecule has 7 atom stereocenters. The van der Waals surface area contributed by atoms with Crippen molar-refractivity contribution in [1.82, 2.24) is 4.90 Å². The van der Waals surface area contributed by atoms with E-state index in [1.807, 2.05) is 0 Å². The normalized spacial score (nSPS) is 30.1. The lowest BCUT2D eigenvalue weighted by atomic mass is 9.71. The first-order valence-electron chi connectivity index (χ1n) is 12.8. The number of alkyl halides is 1. The number of likely N-dealkylation sites (tertiary alicyclic amines) is 1. The van der Waals surface area contributed by atoms with E-state index in [2.05, 4.69) is 29.1 Å². The maximum absolute atomic E-state index is 14.4. The molecule has 38 heavy (non-hydrogen) atoms. The Morgan fingerprint density at radius 1 is 1.32 bits per heavy atom. The molecule has 8 nitrogen and oxygen atoms in total. The van der Waals surface area contributed by atoms with Crippen molar-refractivity contribution in [3.8, 4) is 5.75 Å². The number of thioether (sulfide) groups is 1. The molecule has 10 heteroatoms. The molecule has 2 bridgehead atoms. The lowest BCUT2D eigenvalue weighted by Gasteiger charge is -2.39. The number of esters is 1. The van der Waals surface area contributed by atoms with Crippen molar-refractivity contribution in [3.63, 3.8) is 0 Å². The van der Waals surface area contributed by atoms with Crippen LogP contribution in [0.2, 0.25) is 0 Å². The van der Waals surface area contributed by atoms with E-state index in [0.29, 0.717) is 24.3 Å². The number of nitrogens with zero attached hydrogens (tertiary/aromatic N) is 2. The topological polar surface area (TPSA) is 96.4 Å². The van der Waals surface area contributed by atoms with Gasteiger partial charge in [-0.1, -0.05) is 28.1 Å². The highest BCUT2D eigenvalue weighted by atomic mass is 79.9. The molecular formula is C28H35BrN2O6S. The molecule has 1 N–H and O–H groups in total. The van der Waals surface area contributed by atoms with Crippen molar-refractivity contribution in [3.05, 3.63) is 49.6 Å². The third-order valence-electron chi connectivity index (χ3n) is 7.73. The van der Waals surface area contributed by atoms with Gasteiger partial charge >= 0.3 is 5.97 Å². The number of allylic oxidation sites excluding steroid dienone is 1. The number of aliphatic hydroxyl groups is 1. The minimum Gasteiger partial charge on any atom is -0.497 e. The van der Waals surface area contributed by atoms with Crippen LogP contribution < -0.4 is 9.64 Å². The smallest absolute Gasteiger partial charge is 0.310 e. The summed E-state index contributed by atoms with van der Waals surface area (Å²) in [4.78, 5) is 44.9. The number of rotatable bonds is 12. The molecule has 1 aromatic rings. The quantitative estimate of drug-likeness (QED) is 0.168. The van der Waals surface area contributed by atoms with E-state index in [0.717, 1.165) is 6.42 Å². The van der Waals surface area contributed by atoms with Gasteiger partial charge in [0, 0.05) is 22.3 Å². The van der Waals surface area contributed by atoms with Crippen molar-refractivity contribution < 1.29 is 29.0 Å². The fourth-order valence-corrected chi connectivity index (χ4v) is 9.62. The average Bonchev–Trinajstić information content (AvgIpc) is 3.52. The van der Waals surface area contributed by atoms with Gasteiger partial charge in [-0.15, -0.1) is 24.9 Å². The number of unbranched alkanes of at least 4 members (excludes halogenated alkanes) is 1. The van der Waals surface area contributed by atoms with Gasteiger partial charge < -0.3 is 24.4 Å². The molecule has 3 aliphatic rings. The predicted molar refractivity (Wildman–Crippen MR) is 152 cm³/mol. The summed E-state index contributed by atoms with van der Waals surface area (Å²) in [5.74, 6) is -1.66. The van der Waals surface area contributed by atoms with Gasteiger partial charge in [0.2, 0.25) is 5.91 Å². The second-order valence-corrected chi connectivity index (χ2v) is 12.7. The number of benzene rings is 1. The Balaban J connectivity index is 1.73. The minimum absolute atomic E-state index is 0.0594. The highest BCUT2D eigenvalue weighted by Gasteiger charge is 2.76. The van der Waals surface area contributed by atoms with Gasteiger partial charge in [-0.3, -0.25) is 14.4 Å². The van der Waals surface area contributed by atoms with Crippen molar-refractivity contribution in [2.24, 2.45) is 11.8 Å².